The molecule has 0 saturated carbocycles. The highest BCUT2D eigenvalue weighted by Gasteiger charge is 2.12. The highest BCUT2D eigenvalue weighted by atomic mass is 32.2. The zero-order valence-corrected chi connectivity index (χ0v) is 16.3. The summed E-state index contributed by atoms with van der Waals surface area (Å²) in [6, 6.07) is 14.7. The molecule has 4 nitrogen and oxygen atoms in total. The van der Waals surface area contributed by atoms with Crippen molar-refractivity contribution in [3.05, 3.63) is 59.7 Å². The SMILES string of the molecule is Cc1ccc(SCCC(=O)N[C@H](C)c2ccc(S(C)(=O)=O)cc2)cc1. The van der Waals surface area contributed by atoms with Gasteiger partial charge in [-0.3, -0.25) is 4.79 Å². The number of aryl methyl sites for hydroxylation is 1. The van der Waals surface area contributed by atoms with Crippen molar-refractivity contribution in [3.63, 3.8) is 0 Å². The summed E-state index contributed by atoms with van der Waals surface area (Å²) >= 11 is 1.66. The number of hydrogen-bond donors (Lipinski definition) is 1. The molecular formula is C19H23NO3S2. The third kappa shape index (κ3) is 6.21. The number of nitrogens with one attached hydrogen (secondary N) is 1. The molecule has 0 bridgehead atoms. The highest BCUT2D eigenvalue weighted by molar-refractivity contribution is 7.99. The average molecular weight is 378 g/mol. The summed E-state index contributed by atoms with van der Waals surface area (Å²) in [6.45, 7) is 3.94. The summed E-state index contributed by atoms with van der Waals surface area (Å²) in [5.41, 5.74) is 2.10. The molecule has 134 valence electrons. The fourth-order valence-corrected chi connectivity index (χ4v) is 3.78. The molecule has 0 spiro atoms. The van der Waals surface area contributed by atoms with Crippen LogP contribution in [0.3, 0.4) is 0 Å². The molecule has 0 saturated heterocycles. The van der Waals surface area contributed by atoms with Crippen molar-refractivity contribution in [1.29, 1.82) is 0 Å². The number of hydrogen-bond acceptors (Lipinski definition) is 4. The number of carbonyl (C=O) groups is 1. The van der Waals surface area contributed by atoms with Crippen LogP contribution in [0.25, 0.3) is 0 Å². The molecule has 0 heterocycles. The molecule has 1 atom stereocenters. The lowest BCUT2D eigenvalue weighted by Crippen LogP contribution is -2.26. The Labute approximate surface area is 154 Å². The smallest absolute Gasteiger partial charge is 0.221 e. The first-order chi connectivity index (χ1) is 11.8. The van der Waals surface area contributed by atoms with Crippen LogP contribution >= 0.6 is 11.8 Å². The van der Waals surface area contributed by atoms with Gasteiger partial charge in [-0.1, -0.05) is 29.8 Å². The van der Waals surface area contributed by atoms with Gasteiger partial charge in [0.1, 0.15) is 0 Å². The van der Waals surface area contributed by atoms with Crippen LogP contribution in [0.5, 0.6) is 0 Å². The summed E-state index contributed by atoms with van der Waals surface area (Å²) in [5.74, 6) is 0.702. The maximum Gasteiger partial charge on any atom is 0.221 e. The summed E-state index contributed by atoms with van der Waals surface area (Å²) in [4.78, 5) is 13.5. The van der Waals surface area contributed by atoms with Crippen LogP contribution in [-0.4, -0.2) is 26.3 Å². The predicted octanol–water partition coefficient (Wildman–Crippen LogP) is 3.76. The molecule has 2 aromatic rings. The van der Waals surface area contributed by atoms with Crippen LogP contribution in [0.1, 0.15) is 30.5 Å². The van der Waals surface area contributed by atoms with E-state index in [4.69, 9.17) is 0 Å². The molecular weight excluding hydrogens is 354 g/mol. The van der Waals surface area contributed by atoms with E-state index in [0.29, 0.717) is 12.2 Å². The first-order valence-electron chi connectivity index (χ1n) is 8.04. The van der Waals surface area contributed by atoms with Gasteiger partial charge in [0.2, 0.25) is 5.91 Å². The molecule has 2 rings (SSSR count). The average Bonchev–Trinajstić information content (AvgIpc) is 2.56. The van der Waals surface area contributed by atoms with E-state index >= 15 is 0 Å². The van der Waals surface area contributed by atoms with Gasteiger partial charge in [-0.25, -0.2) is 8.42 Å². The Morgan fingerprint density at radius 3 is 2.24 bits per heavy atom. The molecule has 0 unspecified atom stereocenters. The second-order valence-electron chi connectivity index (χ2n) is 6.04. The minimum Gasteiger partial charge on any atom is -0.350 e. The fraction of sp³-hybridized carbons (Fsp3) is 0.316. The highest BCUT2D eigenvalue weighted by Crippen LogP contribution is 2.20. The van der Waals surface area contributed by atoms with E-state index in [9.17, 15) is 13.2 Å². The maximum atomic E-state index is 12.1. The van der Waals surface area contributed by atoms with Crippen molar-refractivity contribution in [3.8, 4) is 0 Å². The molecule has 0 radical (unpaired) electrons. The summed E-state index contributed by atoms with van der Waals surface area (Å²) < 4.78 is 22.9. The molecule has 6 heteroatoms. The Bertz CT molecular complexity index is 813. The molecule has 0 aliphatic rings. The van der Waals surface area contributed by atoms with Gasteiger partial charge in [-0.2, -0.15) is 0 Å². The maximum absolute atomic E-state index is 12.1. The Kier molecular flexibility index (Phi) is 6.67. The molecule has 0 aliphatic heterocycles. The van der Waals surface area contributed by atoms with Gasteiger partial charge in [-0.05, 0) is 43.7 Å². The van der Waals surface area contributed by atoms with Gasteiger partial charge in [0, 0.05) is 23.3 Å². The number of sulfone groups is 1. The predicted molar refractivity (Wildman–Crippen MR) is 103 cm³/mol. The van der Waals surface area contributed by atoms with Gasteiger partial charge in [-0.15, -0.1) is 11.8 Å². The minimum atomic E-state index is -3.20. The standard InChI is InChI=1S/C19H23NO3S2/c1-14-4-8-17(9-5-14)24-13-12-19(21)20-15(2)16-6-10-18(11-7-16)25(3,22)23/h4-11,15H,12-13H2,1-3H3,(H,20,21)/t15-/m1/s1. The molecule has 25 heavy (non-hydrogen) atoms. The second-order valence-corrected chi connectivity index (χ2v) is 9.23. The van der Waals surface area contributed by atoms with Crippen LogP contribution in [0.15, 0.2) is 58.3 Å². The first kappa shape index (κ1) is 19.5. The van der Waals surface area contributed by atoms with Crippen molar-refractivity contribution in [2.45, 2.75) is 36.1 Å². The number of rotatable bonds is 7. The van der Waals surface area contributed by atoms with Gasteiger partial charge < -0.3 is 5.32 Å². The molecule has 1 amide bonds. The lowest BCUT2D eigenvalue weighted by Gasteiger charge is -2.14. The van der Waals surface area contributed by atoms with E-state index in [1.165, 1.54) is 11.8 Å². The van der Waals surface area contributed by atoms with E-state index in [1.54, 1.807) is 36.0 Å². The van der Waals surface area contributed by atoms with Crippen LogP contribution < -0.4 is 5.32 Å². The number of benzene rings is 2. The quantitative estimate of drug-likeness (QED) is 0.746. The summed E-state index contributed by atoms with van der Waals surface area (Å²) in [6.07, 6.45) is 1.61. The van der Waals surface area contributed by atoms with Crippen molar-refractivity contribution in [1.82, 2.24) is 5.32 Å². The van der Waals surface area contributed by atoms with E-state index < -0.39 is 9.84 Å². The Balaban J connectivity index is 1.82. The monoisotopic (exact) mass is 377 g/mol. The van der Waals surface area contributed by atoms with E-state index in [1.807, 2.05) is 13.8 Å². The molecule has 2 aromatic carbocycles. The number of carbonyl (C=O) groups excluding carboxylic acids is 1. The third-order valence-corrected chi connectivity index (χ3v) is 5.95. The Morgan fingerprint density at radius 2 is 1.68 bits per heavy atom. The molecule has 0 aromatic heterocycles. The lowest BCUT2D eigenvalue weighted by molar-refractivity contribution is -0.121. The normalized spacial score (nSPS) is 12.6. The second kappa shape index (κ2) is 8.54. The van der Waals surface area contributed by atoms with Gasteiger partial charge >= 0.3 is 0 Å². The van der Waals surface area contributed by atoms with E-state index in [-0.39, 0.29) is 16.8 Å². The molecule has 0 aliphatic carbocycles. The Hall–Kier alpha value is -1.79. The zero-order valence-electron chi connectivity index (χ0n) is 14.7. The van der Waals surface area contributed by atoms with Crippen molar-refractivity contribution in [2.24, 2.45) is 0 Å². The summed E-state index contributed by atoms with van der Waals surface area (Å²) in [7, 11) is -3.20. The number of thioether (sulfide) groups is 1. The van der Waals surface area contributed by atoms with Gasteiger partial charge in [0.05, 0.1) is 10.9 Å². The van der Waals surface area contributed by atoms with Crippen LogP contribution in [0, 0.1) is 6.92 Å². The number of amides is 1. The lowest BCUT2D eigenvalue weighted by atomic mass is 10.1. The largest absolute Gasteiger partial charge is 0.350 e. The zero-order chi connectivity index (χ0) is 18.4. The fourth-order valence-electron chi connectivity index (χ4n) is 2.30. The van der Waals surface area contributed by atoms with Crippen LogP contribution in [0.4, 0.5) is 0 Å². The van der Waals surface area contributed by atoms with Crippen LogP contribution in [-0.2, 0) is 14.6 Å². The van der Waals surface area contributed by atoms with Crippen molar-refractivity contribution < 1.29 is 13.2 Å². The van der Waals surface area contributed by atoms with E-state index in [0.717, 1.165) is 10.5 Å². The van der Waals surface area contributed by atoms with Gasteiger partial charge in [0.25, 0.3) is 0 Å². The van der Waals surface area contributed by atoms with E-state index in [2.05, 4.69) is 29.6 Å². The first-order valence-corrected chi connectivity index (χ1v) is 10.9. The summed E-state index contributed by atoms with van der Waals surface area (Å²) in [5, 5.41) is 2.95. The van der Waals surface area contributed by atoms with Gasteiger partial charge in [0.15, 0.2) is 9.84 Å². The molecule has 1 N–H and O–H groups in total. The third-order valence-electron chi connectivity index (χ3n) is 3.80. The minimum absolute atomic E-state index is 0.0145. The Morgan fingerprint density at radius 1 is 1.08 bits per heavy atom. The van der Waals surface area contributed by atoms with Crippen molar-refractivity contribution in [2.75, 3.05) is 12.0 Å². The van der Waals surface area contributed by atoms with Crippen molar-refractivity contribution >= 4 is 27.5 Å². The van der Waals surface area contributed by atoms with Crippen LogP contribution in [0.2, 0.25) is 0 Å². The topological polar surface area (TPSA) is 63.2 Å². The molecule has 0 fully saturated rings.